The molecule has 16 rings (SSSR count). The largest absolute Gasteiger partial charge is 0.308 e. The van der Waals surface area contributed by atoms with Crippen LogP contribution in [0.3, 0.4) is 0 Å². The van der Waals surface area contributed by atoms with Crippen LogP contribution in [0.4, 0.5) is 0 Å². The molecule has 3 heterocycles. The van der Waals surface area contributed by atoms with Gasteiger partial charge in [0.1, 0.15) is 0 Å². The van der Waals surface area contributed by atoms with Crippen LogP contribution in [0.25, 0.3) is 127 Å². The van der Waals surface area contributed by atoms with E-state index in [1.54, 1.807) is 0 Å². The predicted octanol–water partition coefficient (Wildman–Crippen LogP) is 16.4. The van der Waals surface area contributed by atoms with Crippen molar-refractivity contribution in [3.05, 3.63) is 247 Å². The van der Waals surface area contributed by atoms with E-state index in [4.69, 9.17) is 9.97 Å². The van der Waals surface area contributed by atoms with E-state index in [1.807, 2.05) is 0 Å². The highest BCUT2D eigenvalue weighted by atomic mass is 14.9. The Morgan fingerprint density at radius 2 is 0.721 bits per heavy atom. The second kappa shape index (κ2) is 13.1. The lowest BCUT2D eigenvalue weighted by Crippen LogP contribution is -2.25. The van der Waals surface area contributed by atoms with Crippen molar-refractivity contribution in [1.29, 1.82) is 0 Å². The smallest absolute Gasteiger partial charge is 0.0979 e. The fourth-order valence-electron chi connectivity index (χ4n) is 12.7. The standard InChI is InChI=1S/C65H37N3/c1-3-20-49-42(14-1)43-15-2-4-21-50(43)63-62(49)66-60(39-30-28-38(29-31-39)40-33-35-59-53(36-40)52-23-13-22-51-48-19-8-12-27-58(48)68(59)64(51)52)61(67-63)41-32-34-47-46-18-7-11-26-56(46)65(57(47)37-41)54-24-9-5-16-44(54)45-17-6-10-25-55(45)65/h1-37H. The van der Waals surface area contributed by atoms with Gasteiger partial charge in [-0.2, -0.15) is 0 Å². The van der Waals surface area contributed by atoms with Gasteiger partial charge in [-0.3, -0.25) is 0 Å². The molecule has 0 N–H and O–H groups in total. The van der Waals surface area contributed by atoms with Crippen molar-refractivity contribution in [2.45, 2.75) is 5.41 Å². The third-order valence-electron chi connectivity index (χ3n) is 15.5. The molecule has 0 atom stereocenters. The zero-order valence-electron chi connectivity index (χ0n) is 36.7. The van der Waals surface area contributed by atoms with Crippen LogP contribution in [0, 0.1) is 0 Å². The molecule has 0 aliphatic heterocycles. The number of nitrogens with zero attached hydrogens (tertiary/aromatic N) is 3. The molecule has 312 valence electrons. The van der Waals surface area contributed by atoms with Crippen LogP contribution in [0.2, 0.25) is 0 Å². The van der Waals surface area contributed by atoms with Gasteiger partial charge < -0.3 is 4.40 Å². The summed E-state index contributed by atoms with van der Waals surface area (Å²) in [5, 5.41) is 9.72. The maximum Gasteiger partial charge on any atom is 0.0979 e. The van der Waals surface area contributed by atoms with Gasteiger partial charge in [-0.25, -0.2) is 9.97 Å². The van der Waals surface area contributed by atoms with Crippen LogP contribution < -0.4 is 0 Å². The molecule has 0 bridgehead atoms. The highest BCUT2D eigenvalue weighted by molar-refractivity contribution is 6.25. The maximum absolute atomic E-state index is 5.79. The number of para-hydroxylation sites is 2. The second-order valence-electron chi connectivity index (χ2n) is 18.7. The van der Waals surface area contributed by atoms with E-state index in [1.165, 1.54) is 98.9 Å². The molecule has 0 saturated carbocycles. The molecule has 0 amide bonds. The van der Waals surface area contributed by atoms with Gasteiger partial charge in [0, 0.05) is 43.4 Å². The first kappa shape index (κ1) is 36.3. The van der Waals surface area contributed by atoms with Crippen molar-refractivity contribution in [2.24, 2.45) is 0 Å². The lowest BCUT2D eigenvalue weighted by Gasteiger charge is -2.30. The molecule has 2 aliphatic rings. The van der Waals surface area contributed by atoms with Crippen molar-refractivity contribution >= 4 is 70.7 Å². The van der Waals surface area contributed by atoms with Gasteiger partial charge in [-0.1, -0.05) is 200 Å². The van der Waals surface area contributed by atoms with Gasteiger partial charge in [0.25, 0.3) is 0 Å². The Labute approximate surface area is 391 Å². The van der Waals surface area contributed by atoms with Crippen molar-refractivity contribution in [3.63, 3.8) is 0 Å². The fraction of sp³-hybridized carbons (Fsp3) is 0.0154. The number of fused-ring (bicyclic) bond motifs is 22. The topological polar surface area (TPSA) is 30.2 Å². The summed E-state index contributed by atoms with van der Waals surface area (Å²) in [5.41, 5.74) is 21.7. The highest BCUT2D eigenvalue weighted by Gasteiger charge is 2.51. The molecule has 3 nitrogen and oxygen atoms in total. The van der Waals surface area contributed by atoms with Crippen molar-refractivity contribution < 1.29 is 0 Å². The van der Waals surface area contributed by atoms with Gasteiger partial charge in [-0.05, 0) is 90.7 Å². The third kappa shape index (κ3) is 4.53. The Morgan fingerprint density at radius 1 is 0.279 bits per heavy atom. The van der Waals surface area contributed by atoms with Crippen molar-refractivity contribution in [3.8, 4) is 55.9 Å². The molecule has 0 unspecified atom stereocenters. The summed E-state index contributed by atoms with van der Waals surface area (Å²) >= 11 is 0. The minimum Gasteiger partial charge on any atom is -0.308 e. The van der Waals surface area contributed by atoms with Gasteiger partial charge in [0.15, 0.2) is 0 Å². The predicted molar refractivity (Wildman–Crippen MR) is 282 cm³/mol. The Balaban J connectivity index is 0.924. The van der Waals surface area contributed by atoms with Crippen LogP contribution in [-0.4, -0.2) is 14.4 Å². The summed E-state index contributed by atoms with van der Waals surface area (Å²) in [6.07, 6.45) is 0. The number of benzene rings is 11. The number of hydrogen-bond donors (Lipinski definition) is 0. The maximum atomic E-state index is 5.79. The van der Waals surface area contributed by atoms with Crippen LogP contribution in [0.5, 0.6) is 0 Å². The molecule has 1 spiro atoms. The first-order chi connectivity index (χ1) is 33.7. The van der Waals surface area contributed by atoms with E-state index in [0.717, 1.165) is 49.9 Å². The lowest BCUT2D eigenvalue weighted by atomic mass is 9.70. The summed E-state index contributed by atoms with van der Waals surface area (Å²) in [4.78, 5) is 11.5. The molecular weight excluding hydrogens is 823 g/mol. The van der Waals surface area contributed by atoms with Gasteiger partial charge in [0.05, 0.1) is 44.4 Å². The molecule has 0 saturated heterocycles. The first-order valence-electron chi connectivity index (χ1n) is 23.6. The number of rotatable bonds is 3. The Bertz CT molecular complexity index is 4430. The number of aromatic nitrogens is 3. The summed E-state index contributed by atoms with van der Waals surface area (Å²) in [6, 6.07) is 82.9. The van der Waals surface area contributed by atoms with Gasteiger partial charge in [-0.15, -0.1) is 0 Å². The van der Waals surface area contributed by atoms with Crippen molar-refractivity contribution in [2.75, 3.05) is 0 Å². The molecule has 14 aromatic rings. The van der Waals surface area contributed by atoms with E-state index < -0.39 is 5.41 Å². The molecule has 2 aliphatic carbocycles. The van der Waals surface area contributed by atoms with E-state index in [9.17, 15) is 0 Å². The van der Waals surface area contributed by atoms with Crippen LogP contribution >= 0.6 is 0 Å². The summed E-state index contributed by atoms with van der Waals surface area (Å²) in [5.74, 6) is 0. The minimum atomic E-state index is -0.471. The van der Waals surface area contributed by atoms with Gasteiger partial charge >= 0.3 is 0 Å². The summed E-state index contributed by atoms with van der Waals surface area (Å²) < 4.78 is 2.44. The monoisotopic (exact) mass is 859 g/mol. The van der Waals surface area contributed by atoms with Crippen LogP contribution in [0.1, 0.15) is 22.3 Å². The minimum absolute atomic E-state index is 0.471. The normalized spacial score (nSPS) is 13.4. The van der Waals surface area contributed by atoms with Crippen LogP contribution in [0.15, 0.2) is 224 Å². The first-order valence-corrected chi connectivity index (χ1v) is 23.6. The van der Waals surface area contributed by atoms with E-state index in [-0.39, 0.29) is 0 Å². The van der Waals surface area contributed by atoms with Crippen molar-refractivity contribution in [1.82, 2.24) is 14.4 Å². The third-order valence-corrected chi connectivity index (χ3v) is 15.5. The molecule has 0 fully saturated rings. The Kier molecular flexibility index (Phi) is 7.01. The zero-order chi connectivity index (χ0) is 44.2. The van der Waals surface area contributed by atoms with E-state index in [0.29, 0.717) is 0 Å². The Hall–Kier alpha value is -8.92. The Morgan fingerprint density at radius 3 is 1.35 bits per heavy atom. The number of hydrogen-bond acceptors (Lipinski definition) is 2. The zero-order valence-corrected chi connectivity index (χ0v) is 36.7. The molecule has 68 heavy (non-hydrogen) atoms. The van der Waals surface area contributed by atoms with E-state index in [2.05, 4.69) is 229 Å². The SMILES string of the molecule is c1ccc2c(c1)-c1ccccc1C21c2ccccc2-c2ccc(-c3nc4c5ccccc5c5ccccc5c4nc3-c3ccc(-c4ccc5c(c4)c4cccc6c7ccccc7n5c64)cc3)cc21. The van der Waals surface area contributed by atoms with Gasteiger partial charge in [0.2, 0.25) is 0 Å². The van der Waals surface area contributed by atoms with E-state index >= 15 is 0 Å². The fourth-order valence-corrected chi connectivity index (χ4v) is 12.7. The average molecular weight is 860 g/mol. The molecule has 3 aromatic heterocycles. The molecule has 3 heteroatoms. The average Bonchev–Trinajstić information content (AvgIpc) is 4.12. The molecule has 11 aromatic carbocycles. The summed E-state index contributed by atoms with van der Waals surface area (Å²) in [7, 11) is 0. The molecular formula is C65H37N3. The van der Waals surface area contributed by atoms with Crippen LogP contribution in [-0.2, 0) is 5.41 Å². The highest BCUT2D eigenvalue weighted by Crippen LogP contribution is 2.63. The second-order valence-corrected chi connectivity index (χ2v) is 18.7. The summed E-state index contributed by atoms with van der Waals surface area (Å²) in [6.45, 7) is 0. The molecule has 0 radical (unpaired) electrons. The quantitative estimate of drug-likeness (QED) is 0.166. The lowest BCUT2D eigenvalue weighted by molar-refractivity contribution is 0.794.